The third-order valence-corrected chi connectivity index (χ3v) is 7.64. The number of nitrogens with zero attached hydrogens (tertiary/aromatic N) is 2. The van der Waals surface area contributed by atoms with Crippen LogP contribution in [0, 0.1) is 25.7 Å². The molecule has 3 aromatic carbocycles. The van der Waals surface area contributed by atoms with Crippen LogP contribution in [0.4, 0.5) is 0 Å². The van der Waals surface area contributed by atoms with Crippen molar-refractivity contribution in [3.05, 3.63) is 94.0 Å². The van der Waals surface area contributed by atoms with Gasteiger partial charge in [-0.05, 0) is 60.7 Å². The van der Waals surface area contributed by atoms with Gasteiger partial charge in [0.05, 0.1) is 6.21 Å². The van der Waals surface area contributed by atoms with Crippen LogP contribution in [0.2, 0.25) is 5.02 Å². The quantitative estimate of drug-likeness (QED) is 0.162. The normalized spacial score (nSPS) is 11.8. The van der Waals surface area contributed by atoms with Gasteiger partial charge in [-0.25, -0.2) is 5.43 Å². The second kappa shape index (κ2) is 11.7. The van der Waals surface area contributed by atoms with Crippen LogP contribution >= 0.6 is 23.4 Å². The molecule has 3 aromatic rings. The van der Waals surface area contributed by atoms with Crippen LogP contribution in [-0.2, 0) is 15.8 Å². The van der Waals surface area contributed by atoms with Crippen molar-refractivity contribution < 1.29 is 8.42 Å². The molecule has 0 heterocycles. The van der Waals surface area contributed by atoms with Crippen LogP contribution in [0.1, 0.15) is 22.3 Å². The van der Waals surface area contributed by atoms with E-state index in [-0.39, 0.29) is 10.9 Å². The largest absolute Gasteiger partial charge is 0.368 e. The molecule has 0 aliphatic heterocycles. The number of aryl methyl sites for hydroxylation is 2. The molecule has 9 heteroatoms. The molecule has 0 aliphatic carbocycles. The molecule has 0 amide bonds. The Balaban J connectivity index is 1.78. The van der Waals surface area contributed by atoms with Gasteiger partial charge in [-0.3, -0.25) is 0 Å². The third kappa shape index (κ3) is 7.12. The number of nitrogens with two attached hydrogens (primary N) is 1. The summed E-state index contributed by atoms with van der Waals surface area (Å²) in [5.74, 6) is 5.82. The van der Waals surface area contributed by atoms with Crippen LogP contribution in [0.25, 0.3) is 0 Å². The van der Waals surface area contributed by atoms with Gasteiger partial charge >= 0.3 is 0 Å². The Hall–Kier alpha value is -3.25. The first kappa shape index (κ1) is 25.4. The average Bonchev–Trinajstić information content (AvgIpc) is 2.80. The third-order valence-electron chi connectivity index (χ3n) is 4.66. The van der Waals surface area contributed by atoms with Crippen molar-refractivity contribution in [1.82, 2.24) is 5.43 Å². The molecule has 0 unspecified atom stereocenters. The molecule has 174 valence electrons. The molecule has 3 rings (SSSR count). The maximum absolute atomic E-state index is 13.0. The van der Waals surface area contributed by atoms with Gasteiger partial charge in [0.1, 0.15) is 4.90 Å². The first-order chi connectivity index (χ1) is 16.3. The topological polar surface area (TPSA) is 96.9 Å². The fourth-order valence-corrected chi connectivity index (χ4v) is 5.64. The van der Waals surface area contributed by atoms with Gasteiger partial charge in [0, 0.05) is 21.2 Å². The number of hydrogen-bond acceptors (Lipinski definition) is 4. The molecular formula is C25H23ClN4O2S2. The number of rotatable bonds is 6. The molecule has 0 radical (unpaired) electrons. The second-order valence-electron chi connectivity index (χ2n) is 7.22. The molecule has 0 aromatic heterocycles. The second-order valence-corrected chi connectivity index (χ2v) is 10.2. The lowest BCUT2D eigenvalue weighted by atomic mass is 10.1. The fourth-order valence-electron chi connectivity index (χ4n) is 2.85. The molecule has 34 heavy (non-hydrogen) atoms. The standard InChI is InChI=1S/C25H23ClN4O2S2/c1-18-9-6-7-13-21(18)17-33-23-16-22(26)19(2)15-24(23)34(31,32)30-25(27)29-28-14-8-12-20-10-4-3-5-11-20/h3-7,9-11,13-16H,17H2,1-2H3,(H3,27,29,30)/b28-14+. The Morgan fingerprint density at radius 3 is 2.53 bits per heavy atom. The Morgan fingerprint density at radius 1 is 1.09 bits per heavy atom. The minimum Gasteiger partial charge on any atom is -0.368 e. The van der Waals surface area contributed by atoms with Crippen molar-refractivity contribution in [2.45, 2.75) is 29.4 Å². The molecule has 3 N–H and O–H groups in total. The van der Waals surface area contributed by atoms with Crippen LogP contribution < -0.4 is 11.2 Å². The lowest BCUT2D eigenvalue weighted by molar-refractivity contribution is 0.595. The number of hydrazone groups is 1. The van der Waals surface area contributed by atoms with Gasteiger partial charge in [0.15, 0.2) is 0 Å². The molecule has 0 bridgehead atoms. The summed E-state index contributed by atoms with van der Waals surface area (Å²) >= 11 is 7.66. The van der Waals surface area contributed by atoms with E-state index in [9.17, 15) is 8.42 Å². The summed E-state index contributed by atoms with van der Waals surface area (Å²) in [7, 11) is -4.12. The summed E-state index contributed by atoms with van der Waals surface area (Å²) in [5.41, 5.74) is 11.8. The maximum atomic E-state index is 13.0. The van der Waals surface area contributed by atoms with Gasteiger partial charge in [0.2, 0.25) is 5.96 Å². The molecular weight excluding hydrogens is 488 g/mol. The van der Waals surface area contributed by atoms with Crippen LogP contribution in [0.15, 0.2) is 86.0 Å². The minimum atomic E-state index is -4.12. The first-order valence-corrected chi connectivity index (χ1v) is 13.0. The van der Waals surface area contributed by atoms with Crippen molar-refractivity contribution in [1.29, 1.82) is 0 Å². The monoisotopic (exact) mass is 510 g/mol. The summed E-state index contributed by atoms with van der Waals surface area (Å²) in [6.45, 7) is 3.75. The van der Waals surface area contributed by atoms with E-state index >= 15 is 0 Å². The highest BCUT2D eigenvalue weighted by atomic mass is 35.5. The first-order valence-electron chi connectivity index (χ1n) is 10.2. The van der Waals surface area contributed by atoms with Gasteiger partial charge in [-0.2, -0.15) is 13.5 Å². The summed E-state index contributed by atoms with van der Waals surface area (Å²) in [4.78, 5) is 0.526. The van der Waals surface area contributed by atoms with Gasteiger partial charge in [-0.15, -0.1) is 16.2 Å². The van der Waals surface area contributed by atoms with E-state index in [4.69, 9.17) is 17.3 Å². The van der Waals surface area contributed by atoms with Gasteiger partial charge in [-0.1, -0.05) is 60.0 Å². The highest BCUT2D eigenvalue weighted by molar-refractivity contribution is 7.99. The lowest BCUT2D eigenvalue weighted by Gasteiger charge is -2.12. The summed E-state index contributed by atoms with van der Waals surface area (Å²) in [5, 5.41) is 4.28. The van der Waals surface area contributed by atoms with E-state index in [1.807, 2.05) is 61.5 Å². The zero-order valence-corrected chi connectivity index (χ0v) is 21.0. The number of benzene rings is 3. The lowest BCUT2D eigenvalue weighted by Crippen LogP contribution is -2.28. The number of halogens is 1. The number of guanidine groups is 1. The maximum Gasteiger partial charge on any atom is 0.286 e. The van der Waals surface area contributed by atoms with E-state index < -0.39 is 10.0 Å². The predicted octanol–water partition coefficient (Wildman–Crippen LogP) is 4.88. The molecule has 6 nitrogen and oxygen atoms in total. The van der Waals surface area contributed by atoms with E-state index in [2.05, 4.69) is 26.8 Å². The summed E-state index contributed by atoms with van der Waals surface area (Å²) in [6, 6.07) is 20.4. The Morgan fingerprint density at radius 2 is 1.79 bits per heavy atom. The SMILES string of the molecule is Cc1cc(S(=O)(=O)/N=C(\N)N/N=C/C#Cc2ccccc2)c(SCc2ccccc2C)cc1Cl. The van der Waals surface area contributed by atoms with E-state index in [1.165, 1.54) is 24.0 Å². The number of nitrogens with one attached hydrogen (secondary N) is 1. The smallest absolute Gasteiger partial charge is 0.286 e. The van der Waals surface area contributed by atoms with Crippen LogP contribution in [0.3, 0.4) is 0 Å². The Bertz CT molecular complexity index is 1390. The van der Waals surface area contributed by atoms with Gasteiger partial charge in [0.25, 0.3) is 10.0 Å². The van der Waals surface area contributed by atoms with Crippen molar-refractivity contribution in [3.8, 4) is 11.8 Å². The molecule has 0 saturated carbocycles. The summed E-state index contributed by atoms with van der Waals surface area (Å²) < 4.78 is 29.7. The predicted molar refractivity (Wildman–Crippen MR) is 141 cm³/mol. The van der Waals surface area contributed by atoms with E-state index in [0.29, 0.717) is 21.2 Å². The number of sulfonamides is 1. The molecule has 0 fully saturated rings. The van der Waals surface area contributed by atoms with E-state index in [1.54, 1.807) is 13.0 Å². The van der Waals surface area contributed by atoms with Crippen molar-refractivity contribution in [3.63, 3.8) is 0 Å². The van der Waals surface area contributed by atoms with Gasteiger partial charge < -0.3 is 5.73 Å². The van der Waals surface area contributed by atoms with Crippen LogP contribution in [0.5, 0.6) is 0 Å². The van der Waals surface area contributed by atoms with Crippen LogP contribution in [-0.4, -0.2) is 20.6 Å². The fraction of sp³-hybridized carbons (Fsp3) is 0.120. The Labute approximate surface area is 209 Å². The molecule has 0 aliphatic rings. The molecule has 0 atom stereocenters. The number of hydrogen-bond donors (Lipinski definition) is 2. The average molecular weight is 511 g/mol. The number of thioether (sulfide) groups is 1. The minimum absolute atomic E-state index is 0.0329. The zero-order valence-electron chi connectivity index (χ0n) is 18.6. The molecule has 0 spiro atoms. The zero-order chi connectivity index (χ0) is 24.6. The summed E-state index contributed by atoms with van der Waals surface area (Å²) in [6.07, 6.45) is 1.28. The van der Waals surface area contributed by atoms with E-state index in [0.717, 1.165) is 16.7 Å². The van der Waals surface area contributed by atoms with Crippen molar-refractivity contribution >= 4 is 45.6 Å². The van der Waals surface area contributed by atoms with Crippen molar-refractivity contribution in [2.75, 3.05) is 0 Å². The molecule has 0 saturated heterocycles. The highest BCUT2D eigenvalue weighted by Gasteiger charge is 2.21. The Kier molecular flexibility index (Phi) is 8.77. The highest BCUT2D eigenvalue weighted by Crippen LogP contribution is 2.35. The van der Waals surface area contributed by atoms with Crippen molar-refractivity contribution in [2.24, 2.45) is 15.2 Å².